The lowest BCUT2D eigenvalue weighted by Gasteiger charge is -2.09. The first-order chi connectivity index (χ1) is 10.3. The van der Waals surface area contributed by atoms with Crippen LogP contribution in [0.25, 0.3) is 22.4 Å². The molecule has 0 amide bonds. The number of benzene rings is 3. The Labute approximate surface area is 124 Å². The van der Waals surface area contributed by atoms with Gasteiger partial charge in [0.05, 0.1) is 0 Å². The minimum absolute atomic E-state index is 0.706. The number of aryl methyl sites for hydroxylation is 1. The van der Waals surface area contributed by atoms with E-state index in [9.17, 15) is 4.79 Å². The molecule has 0 fully saturated rings. The van der Waals surface area contributed by atoms with E-state index in [1.54, 1.807) is 0 Å². The van der Waals surface area contributed by atoms with E-state index in [1.165, 1.54) is 10.9 Å². The average Bonchev–Trinajstić information content (AvgIpc) is 2.55. The molecule has 0 aromatic heterocycles. The molecule has 0 heterocycles. The van der Waals surface area contributed by atoms with E-state index in [1.807, 2.05) is 54.6 Å². The molecule has 3 aromatic carbocycles. The van der Waals surface area contributed by atoms with Crippen molar-refractivity contribution in [3.8, 4) is 0 Å². The third-order valence-electron chi connectivity index (χ3n) is 3.70. The van der Waals surface area contributed by atoms with Crippen LogP contribution in [-0.2, 0) is 4.79 Å². The third-order valence-corrected chi connectivity index (χ3v) is 3.70. The standard InChI is InChI=1S/C20H16O/c1-15-11-12-19(20-10-6-5-9-18(15)20)17(14-21)13-16-7-3-2-4-8-16/h2-14H,1H3/b17-13-. The number of carbonyl (C=O) groups excluding carboxylic acids is 1. The third kappa shape index (κ3) is 2.63. The summed E-state index contributed by atoms with van der Waals surface area (Å²) < 4.78 is 0. The molecule has 1 heteroatoms. The van der Waals surface area contributed by atoms with Gasteiger partial charge in [0.1, 0.15) is 0 Å². The Bertz CT molecular complexity index is 814. The molecule has 0 atom stereocenters. The number of hydrogen-bond donors (Lipinski definition) is 0. The normalized spacial score (nSPS) is 11.6. The molecule has 0 unspecified atom stereocenters. The highest BCUT2D eigenvalue weighted by molar-refractivity contribution is 6.18. The molecule has 0 radical (unpaired) electrons. The van der Waals surface area contributed by atoms with E-state index in [4.69, 9.17) is 0 Å². The van der Waals surface area contributed by atoms with Gasteiger partial charge in [0.2, 0.25) is 0 Å². The minimum atomic E-state index is 0.706. The Balaban J connectivity index is 2.21. The highest BCUT2D eigenvalue weighted by Crippen LogP contribution is 2.27. The quantitative estimate of drug-likeness (QED) is 0.377. The summed E-state index contributed by atoms with van der Waals surface area (Å²) in [7, 11) is 0. The van der Waals surface area contributed by atoms with Gasteiger partial charge in [0, 0.05) is 5.57 Å². The molecule has 21 heavy (non-hydrogen) atoms. The summed E-state index contributed by atoms with van der Waals surface area (Å²) in [5.41, 5.74) is 3.94. The van der Waals surface area contributed by atoms with Crippen LogP contribution in [0.15, 0.2) is 66.7 Å². The van der Waals surface area contributed by atoms with Crippen molar-refractivity contribution in [3.63, 3.8) is 0 Å². The van der Waals surface area contributed by atoms with Crippen LogP contribution < -0.4 is 0 Å². The molecule has 0 saturated heterocycles. The Morgan fingerprint density at radius 2 is 1.48 bits per heavy atom. The van der Waals surface area contributed by atoms with Gasteiger partial charge in [-0.05, 0) is 40.5 Å². The molecule has 1 nitrogen and oxygen atoms in total. The molecule has 0 spiro atoms. The van der Waals surface area contributed by atoms with E-state index in [0.717, 1.165) is 22.8 Å². The summed E-state index contributed by atoms with van der Waals surface area (Å²) in [4.78, 5) is 11.6. The Morgan fingerprint density at radius 1 is 0.810 bits per heavy atom. The number of fused-ring (bicyclic) bond motifs is 1. The molecule has 0 saturated carbocycles. The van der Waals surface area contributed by atoms with Gasteiger partial charge in [-0.25, -0.2) is 0 Å². The van der Waals surface area contributed by atoms with Crippen LogP contribution in [0.4, 0.5) is 0 Å². The lowest BCUT2D eigenvalue weighted by Crippen LogP contribution is -1.90. The average molecular weight is 272 g/mol. The van der Waals surface area contributed by atoms with Gasteiger partial charge < -0.3 is 0 Å². The van der Waals surface area contributed by atoms with Gasteiger partial charge in [-0.3, -0.25) is 4.79 Å². The second-order valence-electron chi connectivity index (χ2n) is 5.10. The largest absolute Gasteiger partial charge is 0.298 e. The molecular formula is C20H16O. The summed E-state index contributed by atoms with van der Waals surface area (Å²) >= 11 is 0. The first-order valence-corrected chi connectivity index (χ1v) is 7.00. The van der Waals surface area contributed by atoms with Crippen LogP contribution in [0.5, 0.6) is 0 Å². The van der Waals surface area contributed by atoms with E-state index in [2.05, 4.69) is 25.1 Å². The van der Waals surface area contributed by atoms with Crippen molar-refractivity contribution in [3.05, 3.63) is 83.4 Å². The molecule has 0 bridgehead atoms. The van der Waals surface area contributed by atoms with Crippen molar-refractivity contribution in [1.29, 1.82) is 0 Å². The Hall–Kier alpha value is -2.67. The van der Waals surface area contributed by atoms with Crippen LogP contribution in [0.1, 0.15) is 16.7 Å². The predicted octanol–water partition coefficient (Wildman–Crippen LogP) is 4.89. The highest BCUT2D eigenvalue weighted by Gasteiger charge is 2.07. The van der Waals surface area contributed by atoms with Gasteiger partial charge in [0.15, 0.2) is 6.29 Å². The van der Waals surface area contributed by atoms with Crippen molar-refractivity contribution < 1.29 is 4.79 Å². The first-order valence-electron chi connectivity index (χ1n) is 7.00. The van der Waals surface area contributed by atoms with Crippen LogP contribution in [-0.4, -0.2) is 6.29 Å². The summed E-state index contributed by atoms with van der Waals surface area (Å²) in [5, 5.41) is 2.31. The van der Waals surface area contributed by atoms with Crippen LogP contribution in [0, 0.1) is 6.92 Å². The van der Waals surface area contributed by atoms with Gasteiger partial charge in [0.25, 0.3) is 0 Å². The number of carbonyl (C=O) groups is 1. The summed E-state index contributed by atoms with van der Waals surface area (Å²) in [5.74, 6) is 0. The van der Waals surface area contributed by atoms with Gasteiger partial charge in [-0.15, -0.1) is 0 Å². The molecular weight excluding hydrogens is 256 g/mol. The van der Waals surface area contributed by atoms with Gasteiger partial charge in [-0.1, -0.05) is 66.7 Å². The zero-order valence-corrected chi connectivity index (χ0v) is 11.9. The molecule has 0 N–H and O–H groups in total. The zero-order chi connectivity index (χ0) is 14.7. The Morgan fingerprint density at radius 3 is 2.19 bits per heavy atom. The van der Waals surface area contributed by atoms with E-state index in [0.29, 0.717) is 5.57 Å². The number of rotatable bonds is 3. The van der Waals surface area contributed by atoms with Crippen LogP contribution >= 0.6 is 0 Å². The fraction of sp³-hybridized carbons (Fsp3) is 0.0500. The van der Waals surface area contributed by atoms with Crippen molar-refractivity contribution in [2.24, 2.45) is 0 Å². The lowest BCUT2D eigenvalue weighted by molar-refractivity contribution is -0.103. The predicted molar refractivity (Wildman–Crippen MR) is 89.1 cm³/mol. The fourth-order valence-electron chi connectivity index (χ4n) is 2.61. The topological polar surface area (TPSA) is 17.1 Å². The van der Waals surface area contributed by atoms with Crippen LogP contribution in [0.2, 0.25) is 0 Å². The number of hydrogen-bond acceptors (Lipinski definition) is 1. The highest BCUT2D eigenvalue weighted by atomic mass is 16.1. The van der Waals surface area contributed by atoms with Gasteiger partial charge in [-0.2, -0.15) is 0 Å². The maximum atomic E-state index is 11.6. The smallest absolute Gasteiger partial charge is 0.150 e. The maximum Gasteiger partial charge on any atom is 0.150 e. The summed E-state index contributed by atoms with van der Waals surface area (Å²) in [6, 6.07) is 22.2. The van der Waals surface area contributed by atoms with E-state index in [-0.39, 0.29) is 0 Å². The monoisotopic (exact) mass is 272 g/mol. The zero-order valence-electron chi connectivity index (χ0n) is 11.9. The molecule has 3 rings (SSSR count). The van der Waals surface area contributed by atoms with Gasteiger partial charge >= 0.3 is 0 Å². The number of aldehydes is 1. The van der Waals surface area contributed by atoms with E-state index >= 15 is 0 Å². The number of allylic oxidation sites excluding steroid dienone is 1. The SMILES string of the molecule is Cc1ccc(/C(C=O)=C\c2ccccc2)c2ccccc12. The van der Waals surface area contributed by atoms with E-state index < -0.39 is 0 Å². The molecule has 0 aliphatic carbocycles. The molecule has 3 aromatic rings. The maximum absolute atomic E-state index is 11.6. The van der Waals surface area contributed by atoms with Crippen LogP contribution in [0.3, 0.4) is 0 Å². The van der Waals surface area contributed by atoms with Crippen molar-refractivity contribution >= 4 is 28.7 Å². The summed E-state index contributed by atoms with van der Waals surface area (Å²) in [6.45, 7) is 2.09. The minimum Gasteiger partial charge on any atom is -0.298 e. The molecule has 102 valence electrons. The first kappa shape index (κ1) is 13.3. The molecule has 0 aliphatic rings. The fourth-order valence-corrected chi connectivity index (χ4v) is 2.61. The Kier molecular flexibility index (Phi) is 3.65. The second-order valence-corrected chi connectivity index (χ2v) is 5.10. The van der Waals surface area contributed by atoms with Crippen molar-refractivity contribution in [2.45, 2.75) is 6.92 Å². The molecule has 0 aliphatic heterocycles. The summed E-state index contributed by atoms with van der Waals surface area (Å²) in [6.07, 6.45) is 2.87. The van der Waals surface area contributed by atoms with Crippen molar-refractivity contribution in [1.82, 2.24) is 0 Å². The second kappa shape index (κ2) is 5.76. The lowest BCUT2D eigenvalue weighted by atomic mass is 9.95. The van der Waals surface area contributed by atoms with Crippen molar-refractivity contribution in [2.75, 3.05) is 0 Å².